The Morgan fingerprint density at radius 1 is 1.00 bits per heavy atom. The fourth-order valence-corrected chi connectivity index (χ4v) is 4.54. The number of rotatable bonds is 7. The third-order valence-electron chi connectivity index (χ3n) is 4.55. The van der Waals surface area contributed by atoms with Crippen LogP contribution in [0.1, 0.15) is 15.9 Å². The van der Waals surface area contributed by atoms with Gasteiger partial charge in [0, 0.05) is 10.7 Å². The maximum atomic E-state index is 13.4. The van der Waals surface area contributed by atoms with Crippen LogP contribution in [-0.4, -0.2) is 33.9 Å². The van der Waals surface area contributed by atoms with Crippen LogP contribution in [0.2, 0.25) is 5.02 Å². The number of benzene rings is 3. The topological polar surface area (TPSA) is 92.8 Å². The molecule has 0 aliphatic heterocycles. The molecule has 7 nitrogen and oxygen atoms in total. The lowest BCUT2D eigenvalue weighted by molar-refractivity contribution is -0.114. The van der Waals surface area contributed by atoms with Crippen LogP contribution >= 0.6 is 11.6 Å². The molecule has 0 aromatic heterocycles. The first-order valence-corrected chi connectivity index (χ1v) is 11.4. The van der Waals surface area contributed by atoms with E-state index in [1.807, 2.05) is 13.0 Å². The first-order chi connectivity index (χ1) is 15.2. The summed E-state index contributed by atoms with van der Waals surface area (Å²) in [5.41, 5.74) is 1.78. The van der Waals surface area contributed by atoms with Gasteiger partial charge in [-0.3, -0.25) is 9.10 Å². The first-order valence-electron chi connectivity index (χ1n) is 9.54. The number of anilines is 2. The van der Waals surface area contributed by atoms with Crippen LogP contribution in [0.3, 0.4) is 0 Å². The highest BCUT2D eigenvalue weighted by Crippen LogP contribution is 2.25. The summed E-state index contributed by atoms with van der Waals surface area (Å²) in [6.07, 6.45) is 0. The number of sulfonamides is 1. The molecule has 166 valence electrons. The molecule has 0 aliphatic carbocycles. The van der Waals surface area contributed by atoms with Gasteiger partial charge in [-0.1, -0.05) is 29.8 Å². The number of hydrogen-bond acceptors (Lipinski definition) is 5. The number of halogens is 1. The van der Waals surface area contributed by atoms with E-state index in [1.165, 1.54) is 37.4 Å². The molecule has 32 heavy (non-hydrogen) atoms. The highest BCUT2D eigenvalue weighted by molar-refractivity contribution is 7.92. The number of esters is 1. The summed E-state index contributed by atoms with van der Waals surface area (Å²) >= 11 is 5.89. The minimum absolute atomic E-state index is 0.00361. The second kappa shape index (κ2) is 9.84. The molecule has 1 amide bonds. The molecular weight excluding hydrogens is 452 g/mol. The van der Waals surface area contributed by atoms with Gasteiger partial charge in [-0.05, 0) is 67.1 Å². The molecule has 0 saturated heterocycles. The van der Waals surface area contributed by atoms with Crippen LogP contribution in [0.25, 0.3) is 0 Å². The average molecular weight is 473 g/mol. The van der Waals surface area contributed by atoms with Gasteiger partial charge in [0.1, 0.15) is 6.54 Å². The molecule has 0 fully saturated rings. The number of ether oxygens (including phenoxy) is 1. The summed E-state index contributed by atoms with van der Waals surface area (Å²) in [6, 6.07) is 18.7. The predicted molar refractivity (Wildman–Crippen MR) is 124 cm³/mol. The van der Waals surface area contributed by atoms with Crippen molar-refractivity contribution in [3.63, 3.8) is 0 Å². The minimum atomic E-state index is -4.06. The molecule has 3 aromatic carbocycles. The Morgan fingerprint density at radius 3 is 2.34 bits per heavy atom. The Kier molecular flexibility index (Phi) is 7.17. The molecule has 0 heterocycles. The number of carbonyl (C=O) groups excluding carboxylic acids is 2. The maximum absolute atomic E-state index is 13.4. The number of amides is 1. The summed E-state index contributed by atoms with van der Waals surface area (Å²) in [5.74, 6) is -1.13. The first kappa shape index (κ1) is 23.3. The monoisotopic (exact) mass is 472 g/mol. The van der Waals surface area contributed by atoms with E-state index < -0.39 is 28.4 Å². The lowest BCUT2D eigenvalue weighted by atomic mass is 10.2. The van der Waals surface area contributed by atoms with Crippen molar-refractivity contribution in [2.75, 3.05) is 23.3 Å². The molecule has 0 unspecified atom stereocenters. The minimum Gasteiger partial charge on any atom is -0.465 e. The van der Waals surface area contributed by atoms with Crippen molar-refractivity contribution < 1.29 is 22.7 Å². The van der Waals surface area contributed by atoms with Crippen LogP contribution in [0.4, 0.5) is 11.4 Å². The lowest BCUT2D eigenvalue weighted by Gasteiger charge is -2.24. The quantitative estimate of drug-likeness (QED) is 0.518. The highest BCUT2D eigenvalue weighted by atomic mass is 35.5. The van der Waals surface area contributed by atoms with Crippen LogP contribution in [-0.2, 0) is 19.6 Å². The van der Waals surface area contributed by atoms with Crippen LogP contribution in [0.15, 0.2) is 77.7 Å². The van der Waals surface area contributed by atoms with Crippen molar-refractivity contribution in [1.82, 2.24) is 0 Å². The molecule has 0 bridgehead atoms. The normalized spacial score (nSPS) is 11.0. The second-order valence-corrected chi connectivity index (χ2v) is 9.22. The Hall–Kier alpha value is -3.36. The van der Waals surface area contributed by atoms with E-state index in [-0.39, 0.29) is 10.5 Å². The fraction of sp³-hybridized carbons (Fsp3) is 0.130. The van der Waals surface area contributed by atoms with E-state index in [2.05, 4.69) is 10.1 Å². The Labute approximate surface area is 191 Å². The molecule has 9 heteroatoms. The maximum Gasteiger partial charge on any atom is 0.337 e. The van der Waals surface area contributed by atoms with Crippen molar-refractivity contribution in [2.24, 2.45) is 0 Å². The van der Waals surface area contributed by atoms with E-state index in [0.717, 1.165) is 9.87 Å². The number of nitrogens with one attached hydrogen (secondary N) is 1. The summed E-state index contributed by atoms with van der Waals surface area (Å²) in [6.45, 7) is 1.35. The zero-order chi connectivity index (χ0) is 23.3. The number of hydrogen-bond donors (Lipinski definition) is 1. The fourth-order valence-electron chi connectivity index (χ4n) is 3.00. The smallest absolute Gasteiger partial charge is 0.337 e. The van der Waals surface area contributed by atoms with Gasteiger partial charge in [0.2, 0.25) is 5.91 Å². The lowest BCUT2D eigenvalue weighted by Crippen LogP contribution is -2.38. The highest BCUT2D eigenvalue weighted by Gasteiger charge is 2.27. The van der Waals surface area contributed by atoms with Crippen molar-refractivity contribution >= 4 is 44.9 Å². The summed E-state index contributed by atoms with van der Waals surface area (Å²) in [5, 5.41) is 3.03. The van der Waals surface area contributed by atoms with Gasteiger partial charge in [0.25, 0.3) is 10.0 Å². The second-order valence-electron chi connectivity index (χ2n) is 6.93. The summed E-state index contributed by atoms with van der Waals surface area (Å²) in [4.78, 5) is 24.5. The molecule has 1 N–H and O–H groups in total. The molecule has 0 aliphatic rings. The molecule has 0 radical (unpaired) electrons. The molecule has 0 spiro atoms. The van der Waals surface area contributed by atoms with Crippen LogP contribution in [0, 0.1) is 6.92 Å². The van der Waals surface area contributed by atoms with Gasteiger partial charge in [-0.25, -0.2) is 13.2 Å². The summed E-state index contributed by atoms with van der Waals surface area (Å²) < 4.78 is 32.4. The third-order valence-corrected chi connectivity index (χ3v) is 6.59. The standard InChI is InChI=1S/C23H21ClN2O5S/c1-16-5-3-8-20(13-16)26(32(29,30)21-11-9-18(24)10-12-21)15-22(27)25-19-7-4-6-17(14-19)23(28)31-2/h3-14H,15H2,1-2H3,(H,25,27). The Morgan fingerprint density at radius 2 is 1.69 bits per heavy atom. The molecule has 0 atom stereocenters. The van der Waals surface area contributed by atoms with E-state index >= 15 is 0 Å². The zero-order valence-corrected chi connectivity index (χ0v) is 19.0. The van der Waals surface area contributed by atoms with Gasteiger partial charge >= 0.3 is 5.97 Å². The Balaban J connectivity index is 1.92. The van der Waals surface area contributed by atoms with Crippen LogP contribution in [0.5, 0.6) is 0 Å². The van der Waals surface area contributed by atoms with E-state index in [1.54, 1.807) is 36.4 Å². The van der Waals surface area contributed by atoms with Gasteiger partial charge in [0.15, 0.2) is 0 Å². The van der Waals surface area contributed by atoms with Crippen molar-refractivity contribution in [1.29, 1.82) is 0 Å². The average Bonchev–Trinajstić information content (AvgIpc) is 2.77. The number of carbonyl (C=O) groups is 2. The number of methoxy groups -OCH3 is 1. The molecule has 3 aromatic rings. The number of nitrogens with zero attached hydrogens (tertiary/aromatic N) is 1. The van der Waals surface area contributed by atoms with Gasteiger partial charge in [-0.2, -0.15) is 0 Å². The van der Waals surface area contributed by atoms with Gasteiger partial charge in [-0.15, -0.1) is 0 Å². The van der Waals surface area contributed by atoms with Crippen molar-refractivity contribution in [3.05, 3.63) is 88.9 Å². The Bertz CT molecular complexity index is 1240. The van der Waals surface area contributed by atoms with E-state index in [4.69, 9.17) is 11.6 Å². The number of aryl methyl sites for hydroxylation is 1. The zero-order valence-electron chi connectivity index (χ0n) is 17.4. The molecular formula is C23H21ClN2O5S. The largest absolute Gasteiger partial charge is 0.465 e. The summed E-state index contributed by atoms with van der Waals surface area (Å²) in [7, 11) is -2.80. The molecule has 0 saturated carbocycles. The van der Waals surface area contributed by atoms with Crippen molar-refractivity contribution in [2.45, 2.75) is 11.8 Å². The SMILES string of the molecule is COC(=O)c1cccc(NC(=O)CN(c2cccc(C)c2)S(=O)(=O)c2ccc(Cl)cc2)c1. The van der Waals surface area contributed by atoms with Crippen molar-refractivity contribution in [3.8, 4) is 0 Å². The van der Waals surface area contributed by atoms with Gasteiger partial charge < -0.3 is 10.1 Å². The van der Waals surface area contributed by atoms with E-state index in [9.17, 15) is 18.0 Å². The third kappa shape index (κ3) is 5.46. The van der Waals surface area contributed by atoms with Crippen LogP contribution < -0.4 is 9.62 Å². The predicted octanol–water partition coefficient (Wildman–Crippen LogP) is 4.27. The van der Waals surface area contributed by atoms with Gasteiger partial charge in [0.05, 0.1) is 23.3 Å². The molecule has 3 rings (SSSR count). The van der Waals surface area contributed by atoms with E-state index in [0.29, 0.717) is 16.4 Å².